The number of nitrogens with one attached hydrogen (secondary N) is 1. The highest BCUT2D eigenvalue weighted by Crippen LogP contribution is 2.41. The first-order valence-electron chi connectivity index (χ1n) is 20.7. The molecule has 0 unspecified atom stereocenters. The number of carbonyl (C=O) groups is 4. The number of aliphatic hydroxyl groups is 1. The van der Waals surface area contributed by atoms with Gasteiger partial charge in [-0.15, -0.1) is 0 Å². The van der Waals surface area contributed by atoms with Gasteiger partial charge in [0.25, 0.3) is 0 Å². The van der Waals surface area contributed by atoms with Crippen LogP contribution >= 0.6 is 0 Å². The number of para-hydroxylation sites is 1. The molecular formula is C44H64N4O11. The number of benzene rings is 1. The summed E-state index contributed by atoms with van der Waals surface area (Å²) in [7, 11) is 6.89. The molecule has 0 spiro atoms. The second-order valence-electron chi connectivity index (χ2n) is 17.2. The van der Waals surface area contributed by atoms with Gasteiger partial charge in [-0.25, -0.2) is 4.79 Å². The Morgan fingerprint density at radius 1 is 1.05 bits per heavy atom. The minimum atomic E-state index is -1.48. The largest absolute Gasteiger partial charge is 0.458 e. The molecule has 3 saturated heterocycles. The van der Waals surface area contributed by atoms with Gasteiger partial charge in [-0.1, -0.05) is 51.1 Å². The van der Waals surface area contributed by atoms with Crippen molar-refractivity contribution in [3.63, 3.8) is 0 Å². The van der Waals surface area contributed by atoms with Crippen LogP contribution in [-0.4, -0.2) is 139 Å². The van der Waals surface area contributed by atoms with Gasteiger partial charge in [-0.05, 0) is 78.7 Å². The van der Waals surface area contributed by atoms with E-state index in [-0.39, 0.29) is 43.9 Å². The quantitative estimate of drug-likeness (QED) is 0.183. The fourth-order valence-corrected chi connectivity index (χ4v) is 9.07. The first-order valence-corrected chi connectivity index (χ1v) is 20.7. The monoisotopic (exact) mass is 824 g/mol. The van der Waals surface area contributed by atoms with Gasteiger partial charge in [0, 0.05) is 43.1 Å². The van der Waals surface area contributed by atoms with Gasteiger partial charge in [-0.2, -0.15) is 5.06 Å². The van der Waals surface area contributed by atoms with E-state index in [4.69, 9.17) is 28.5 Å². The zero-order valence-corrected chi connectivity index (χ0v) is 36.4. The number of ether oxygens (including phenoxy) is 5. The first kappa shape index (κ1) is 46.2. The number of esters is 1. The Labute approximate surface area is 348 Å². The summed E-state index contributed by atoms with van der Waals surface area (Å²) in [6.45, 7) is 12.1. The predicted molar refractivity (Wildman–Crippen MR) is 220 cm³/mol. The van der Waals surface area contributed by atoms with E-state index in [1.165, 1.54) is 19.1 Å². The minimum absolute atomic E-state index is 0.0338. The van der Waals surface area contributed by atoms with Crippen LogP contribution < -0.4 is 5.32 Å². The van der Waals surface area contributed by atoms with Crippen LogP contribution in [0.15, 0.2) is 42.6 Å². The molecule has 0 bridgehead atoms. The second-order valence-corrected chi connectivity index (χ2v) is 17.2. The maximum absolute atomic E-state index is 15.0. The average Bonchev–Trinajstić information content (AvgIpc) is 3.52. The predicted octanol–water partition coefficient (Wildman–Crippen LogP) is 4.58. The number of likely N-dealkylation sites (N-methyl/N-ethyl adjacent to an activating group) is 1. The van der Waals surface area contributed by atoms with Gasteiger partial charge in [0.15, 0.2) is 17.7 Å². The van der Waals surface area contributed by atoms with Crippen molar-refractivity contribution < 1.29 is 52.8 Å². The number of cyclic esters (lactones) is 1. The summed E-state index contributed by atoms with van der Waals surface area (Å²) < 4.78 is 31.7. The number of hydroxylamine groups is 2. The van der Waals surface area contributed by atoms with Crippen molar-refractivity contribution in [2.45, 2.75) is 122 Å². The Balaban J connectivity index is 1.61. The number of aliphatic hydroxyl groups excluding tert-OH is 1. The molecule has 5 rings (SSSR count). The lowest BCUT2D eigenvalue weighted by Crippen LogP contribution is -2.61. The molecule has 4 heterocycles. The van der Waals surface area contributed by atoms with E-state index in [0.717, 1.165) is 16.5 Å². The number of fused-ring (bicyclic) bond motifs is 2. The number of carbonyl (C=O) groups excluding carboxylic acids is 4. The number of nitrogens with zero attached hydrogens (tertiary/aromatic N) is 3. The number of amides is 1. The molecule has 13 atom stereocenters. The molecule has 2 aromatic rings. The van der Waals surface area contributed by atoms with Crippen LogP contribution in [0.25, 0.3) is 17.0 Å². The molecule has 1 amide bonds. The van der Waals surface area contributed by atoms with Crippen molar-refractivity contribution in [1.29, 1.82) is 0 Å². The van der Waals surface area contributed by atoms with Crippen molar-refractivity contribution >= 4 is 40.6 Å². The van der Waals surface area contributed by atoms with Crippen molar-refractivity contribution in [3.05, 3.63) is 48.2 Å². The van der Waals surface area contributed by atoms with E-state index in [2.05, 4.69) is 10.3 Å². The number of rotatable bonds is 11. The van der Waals surface area contributed by atoms with Gasteiger partial charge in [0.05, 0.1) is 49.0 Å². The third-order valence-corrected chi connectivity index (χ3v) is 12.5. The highest BCUT2D eigenvalue weighted by Gasteiger charge is 2.58. The number of aromatic nitrogens is 1. The highest BCUT2D eigenvalue weighted by molar-refractivity contribution is 6.00. The van der Waals surface area contributed by atoms with Crippen molar-refractivity contribution in [3.8, 4) is 0 Å². The zero-order valence-electron chi connectivity index (χ0n) is 36.4. The number of alkyl carbamates (subject to hydrolysis) is 1. The van der Waals surface area contributed by atoms with E-state index in [1.54, 1.807) is 47.9 Å². The molecule has 0 aliphatic carbocycles. The first-order chi connectivity index (χ1) is 27.8. The zero-order chi connectivity index (χ0) is 43.4. The van der Waals surface area contributed by atoms with Gasteiger partial charge in [0.1, 0.15) is 23.9 Å². The maximum Gasteiger partial charge on any atom is 0.408 e. The molecule has 3 aliphatic rings. The molecule has 15 nitrogen and oxygen atoms in total. The van der Waals surface area contributed by atoms with Crippen LogP contribution in [0.2, 0.25) is 0 Å². The third-order valence-electron chi connectivity index (χ3n) is 12.5. The molecule has 326 valence electrons. The Bertz CT molecular complexity index is 1840. The van der Waals surface area contributed by atoms with E-state index >= 15 is 0 Å². The third kappa shape index (κ3) is 10.2. The number of pyridine rings is 1. The number of ketones is 2. The summed E-state index contributed by atoms with van der Waals surface area (Å²) in [6, 6.07) is 8.55. The van der Waals surface area contributed by atoms with Gasteiger partial charge in [0.2, 0.25) is 0 Å². The fraction of sp³-hybridized carbons (Fsp3) is 0.659. The molecular weight excluding hydrogens is 761 g/mol. The summed E-state index contributed by atoms with van der Waals surface area (Å²) in [5, 5.41) is 17.0. The molecule has 15 heteroatoms. The van der Waals surface area contributed by atoms with Gasteiger partial charge < -0.3 is 43.8 Å². The van der Waals surface area contributed by atoms with Crippen LogP contribution in [0.3, 0.4) is 0 Å². The van der Waals surface area contributed by atoms with Crippen LogP contribution in [0, 0.1) is 23.7 Å². The van der Waals surface area contributed by atoms with Gasteiger partial charge in [-0.3, -0.25) is 19.4 Å². The molecule has 2 N–H and O–H groups in total. The summed E-state index contributed by atoms with van der Waals surface area (Å²) >= 11 is 0. The smallest absolute Gasteiger partial charge is 0.408 e. The molecule has 3 aliphatic heterocycles. The second kappa shape index (κ2) is 19.3. The molecule has 1 aromatic carbocycles. The summed E-state index contributed by atoms with van der Waals surface area (Å²) in [5.41, 5.74) is -1.18. The molecule has 0 saturated carbocycles. The van der Waals surface area contributed by atoms with Crippen LogP contribution in [-0.2, 0) is 42.9 Å². The highest BCUT2D eigenvalue weighted by atomic mass is 16.7. The Hall–Kier alpha value is -3.83. The van der Waals surface area contributed by atoms with Crippen molar-refractivity contribution in [2.75, 3.05) is 41.4 Å². The van der Waals surface area contributed by atoms with Crippen LogP contribution in [0.5, 0.6) is 0 Å². The summed E-state index contributed by atoms with van der Waals surface area (Å²) in [4.78, 5) is 68.5. The van der Waals surface area contributed by atoms with Crippen molar-refractivity contribution in [1.82, 2.24) is 20.3 Å². The van der Waals surface area contributed by atoms with Crippen LogP contribution in [0.4, 0.5) is 4.79 Å². The summed E-state index contributed by atoms with van der Waals surface area (Å²) in [5.74, 6) is -5.53. The molecule has 0 radical (unpaired) electrons. The molecule has 1 aromatic heterocycles. The SMILES string of the molecule is CC[C@H]1OC(=O)[C@H](C)C(=O)[C@H](C)[C@@H](O[C@@H]2O[C@H](C)C[C@H](N(C)C)[C@H]2O)[C@@](C)(OC/C=C/c2cnc3ccccc3c2)C[C@@H](C)C(=O)[C@H](CN(C)OC)[C@H]2NC(=O)O[C@@]21C. The fourth-order valence-electron chi connectivity index (χ4n) is 9.07. The van der Waals surface area contributed by atoms with Crippen LogP contribution in [0.1, 0.15) is 73.3 Å². The Kier molecular flexibility index (Phi) is 15.1. The standard InChI is InChI=1S/C44H64N4O11/c1-12-34-44(7)38(46-42(53)59-44)31(24-48(10)54-11)35(49)25(2)22-43(6,55-19-15-16-29-21-30-17-13-14-18-32(30)45-23-29)39(27(4)36(50)28(5)40(52)57-34)58-41-37(51)33(47(8)9)20-26(3)56-41/h13-18,21,23,25-28,31,33-34,37-39,41,51H,12,19-20,22,24H2,1-11H3,(H,46,53)/b16-15+/t25-,26-,27+,28-,31+,33+,34-,37-,38-,39-,41+,43+,44-/m1/s1. The van der Waals surface area contributed by atoms with Crippen molar-refractivity contribution in [2.24, 2.45) is 23.7 Å². The van der Waals surface area contributed by atoms with E-state index < -0.39 is 83.4 Å². The Morgan fingerprint density at radius 3 is 2.44 bits per heavy atom. The van der Waals surface area contributed by atoms with Gasteiger partial charge >= 0.3 is 12.1 Å². The number of hydrogen-bond donors (Lipinski definition) is 2. The lowest BCUT2D eigenvalue weighted by Gasteiger charge is -2.47. The maximum atomic E-state index is 15.0. The number of hydrogen-bond acceptors (Lipinski definition) is 14. The average molecular weight is 825 g/mol. The topological polar surface area (TPSA) is 175 Å². The summed E-state index contributed by atoms with van der Waals surface area (Å²) in [6.07, 6.45) is 0.774. The van der Waals surface area contributed by atoms with E-state index in [1.807, 2.05) is 68.4 Å². The van der Waals surface area contributed by atoms with E-state index in [9.17, 15) is 24.3 Å². The minimum Gasteiger partial charge on any atom is -0.458 e. The lowest BCUT2D eigenvalue weighted by molar-refractivity contribution is -0.296. The molecule has 59 heavy (non-hydrogen) atoms. The normalized spacial score (nSPS) is 36.4. The molecule has 3 fully saturated rings. The Morgan fingerprint density at radius 2 is 1.76 bits per heavy atom. The lowest BCUT2D eigenvalue weighted by atomic mass is 9.73. The van der Waals surface area contributed by atoms with E-state index in [0.29, 0.717) is 6.42 Å². The number of Topliss-reactive ketones (excluding diaryl/α,β-unsaturated/α-hetero) is 2.